The number of anilines is 1. The van der Waals surface area contributed by atoms with E-state index in [0.29, 0.717) is 21.8 Å². The highest BCUT2D eigenvalue weighted by molar-refractivity contribution is 9.10. The second-order valence-electron chi connectivity index (χ2n) is 7.48. The van der Waals surface area contributed by atoms with Crippen LogP contribution in [0.4, 0.5) is 10.5 Å². The van der Waals surface area contributed by atoms with Gasteiger partial charge in [-0.2, -0.15) is 0 Å². The third-order valence-electron chi connectivity index (χ3n) is 5.44. The first kappa shape index (κ1) is 22.0. The molecule has 4 amide bonds. The number of aryl methyl sites for hydroxylation is 1. The number of nitrogens with zero attached hydrogens (tertiary/aromatic N) is 2. The van der Waals surface area contributed by atoms with E-state index in [0.717, 1.165) is 26.4 Å². The first-order chi connectivity index (χ1) is 15.2. The second kappa shape index (κ2) is 8.41. The van der Waals surface area contributed by atoms with Crippen LogP contribution >= 0.6 is 27.5 Å². The van der Waals surface area contributed by atoms with E-state index in [9.17, 15) is 14.4 Å². The maximum absolute atomic E-state index is 13.2. The molecular weight excluding hydrogens is 494 g/mol. The van der Waals surface area contributed by atoms with Gasteiger partial charge in [0.2, 0.25) is 0 Å². The van der Waals surface area contributed by atoms with Crippen LogP contribution in [0.3, 0.4) is 0 Å². The molecule has 6 nitrogen and oxygen atoms in total. The molecule has 4 rings (SSSR count). The van der Waals surface area contributed by atoms with Crippen LogP contribution in [-0.4, -0.2) is 22.4 Å². The number of barbiturate groups is 1. The van der Waals surface area contributed by atoms with Gasteiger partial charge in [0, 0.05) is 26.6 Å². The Hall–Kier alpha value is -3.16. The minimum atomic E-state index is -0.803. The van der Waals surface area contributed by atoms with Crippen LogP contribution in [0, 0.1) is 20.8 Å². The Balaban J connectivity index is 1.78. The van der Waals surface area contributed by atoms with Gasteiger partial charge in [0.1, 0.15) is 5.57 Å². The van der Waals surface area contributed by atoms with Crippen molar-refractivity contribution >= 4 is 57.1 Å². The molecule has 0 bridgehead atoms. The van der Waals surface area contributed by atoms with Crippen LogP contribution in [0.5, 0.6) is 0 Å². The van der Waals surface area contributed by atoms with Crippen LogP contribution in [0.1, 0.15) is 22.5 Å². The summed E-state index contributed by atoms with van der Waals surface area (Å²) in [7, 11) is 0. The topological polar surface area (TPSA) is 71.4 Å². The van der Waals surface area contributed by atoms with Crippen LogP contribution < -0.4 is 10.2 Å². The fourth-order valence-electron chi connectivity index (χ4n) is 3.79. The minimum absolute atomic E-state index is 0.125. The zero-order valence-corrected chi connectivity index (χ0v) is 19.9. The predicted molar refractivity (Wildman–Crippen MR) is 128 cm³/mol. The largest absolute Gasteiger partial charge is 0.335 e. The van der Waals surface area contributed by atoms with Crippen molar-refractivity contribution in [2.24, 2.45) is 0 Å². The summed E-state index contributed by atoms with van der Waals surface area (Å²) in [5, 5.41) is 2.68. The number of urea groups is 1. The van der Waals surface area contributed by atoms with Crippen LogP contribution in [0.25, 0.3) is 11.8 Å². The van der Waals surface area contributed by atoms with E-state index in [2.05, 4.69) is 21.2 Å². The van der Waals surface area contributed by atoms with Gasteiger partial charge in [-0.3, -0.25) is 14.9 Å². The molecule has 0 atom stereocenters. The number of halogens is 2. The fourth-order valence-corrected chi connectivity index (χ4v) is 4.23. The summed E-state index contributed by atoms with van der Waals surface area (Å²) < 4.78 is 3.00. The summed E-state index contributed by atoms with van der Waals surface area (Å²) in [6, 6.07) is 13.9. The molecule has 1 saturated heterocycles. The predicted octanol–water partition coefficient (Wildman–Crippen LogP) is 5.48. The Morgan fingerprint density at radius 2 is 1.69 bits per heavy atom. The number of amides is 4. The van der Waals surface area contributed by atoms with E-state index in [1.165, 1.54) is 6.08 Å². The van der Waals surface area contributed by atoms with Crippen molar-refractivity contribution < 1.29 is 14.4 Å². The summed E-state index contributed by atoms with van der Waals surface area (Å²) >= 11 is 9.61. The number of carbonyl (C=O) groups is 3. The van der Waals surface area contributed by atoms with Gasteiger partial charge in [0.05, 0.1) is 5.69 Å². The lowest BCUT2D eigenvalue weighted by Gasteiger charge is -2.27. The van der Waals surface area contributed by atoms with Crippen molar-refractivity contribution in [3.63, 3.8) is 0 Å². The second-order valence-corrected chi connectivity index (χ2v) is 8.80. The minimum Gasteiger partial charge on any atom is -0.318 e. The molecule has 1 aromatic heterocycles. The Morgan fingerprint density at radius 3 is 2.38 bits per heavy atom. The van der Waals surface area contributed by atoms with Crippen molar-refractivity contribution in [2.45, 2.75) is 20.8 Å². The van der Waals surface area contributed by atoms with E-state index in [-0.39, 0.29) is 5.57 Å². The number of nitrogens with one attached hydrogen (secondary N) is 1. The van der Waals surface area contributed by atoms with Gasteiger partial charge < -0.3 is 4.57 Å². The highest BCUT2D eigenvalue weighted by Gasteiger charge is 2.37. The van der Waals surface area contributed by atoms with Crippen molar-refractivity contribution in [2.75, 3.05) is 4.90 Å². The van der Waals surface area contributed by atoms with Crippen molar-refractivity contribution in [3.05, 3.63) is 86.1 Å². The van der Waals surface area contributed by atoms with Gasteiger partial charge in [0.15, 0.2) is 0 Å². The van der Waals surface area contributed by atoms with Gasteiger partial charge >= 0.3 is 6.03 Å². The lowest BCUT2D eigenvalue weighted by molar-refractivity contribution is -0.122. The van der Waals surface area contributed by atoms with Crippen molar-refractivity contribution in [1.29, 1.82) is 0 Å². The Bertz CT molecular complexity index is 1310. The number of hydrogen-bond donors (Lipinski definition) is 1. The third-order valence-corrected chi connectivity index (χ3v) is 6.37. The molecule has 2 heterocycles. The van der Waals surface area contributed by atoms with Crippen molar-refractivity contribution in [1.82, 2.24) is 9.88 Å². The highest BCUT2D eigenvalue weighted by Crippen LogP contribution is 2.30. The molecule has 8 heteroatoms. The number of benzene rings is 2. The van der Waals surface area contributed by atoms with Crippen LogP contribution in [0.15, 0.2) is 58.6 Å². The SMILES string of the molecule is Cc1c(Cl)cccc1N1C(=O)NC(=O)/C(=C/c2cc(C)n(-c3ccc(Br)cc3)c2C)C1=O. The molecule has 32 heavy (non-hydrogen) atoms. The van der Waals surface area contributed by atoms with Gasteiger partial charge in [-0.1, -0.05) is 33.6 Å². The molecule has 1 aliphatic heterocycles. The molecule has 0 spiro atoms. The zero-order valence-electron chi connectivity index (χ0n) is 17.6. The summed E-state index contributed by atoms with van der Waals surface area (Å²) in [6.45, 7) is 5.57. The zero-order chi connectivity index (χ0) is 23.2. The average molecular weight is 513 g/mol. The standard InChI is InChI=1S/C24H19BrClN3O3/c1-13-11-16(15(3)28(13)18-9-7-17(25)8-10-18)12-19-22(30)27-24(32)29(23(19)31)21-6-4-5-20(26)14(21)2/h4-12H,1-3H3,(H,27,30,32)/b19-12-. The number of carbonyl (C=O) groups excluding carboxylic acids is 3. The first-order valence-corrected chi connectivity index (χ1v) is 11.0. The summed E-state index contributed by atoms with van der Waals surface area (Å²) in [6.07, 6.45) is 1.52. The van der Waals surface area contributed by atoms with E-state index >= 15 is 0 Å². The Kier molecular flexibility index (Phi) is 5.79. The van der Waals surface area contributed by atoms with E-state index in [1.54, 1.807) is 25.1 Å². The Labute approximate surface area is 198 Å². The molecule has 1 fully saturated rings. The lowest BCUT2D eigenvalue weighted by Crippen LogP contribution is -2.54. The fraction of sp³-hybridized carbons (Fsp3) is 0.125. The van der Waals surface area contributed by atoms with Gasteiger partial charge in [-0.15, -0.1) is 0 Å². The number of rotatable bonds is 3. The molecule has 2 aromatic carbocycles. The van der Waals surface area contributed by atoms with E-state index in [4.69, 9.17) is 11.6 Å². The van der Waals surface area contributed by atoms with E-state index < -0.39 is 17.8 Å². The molecule has 0 radical (unpaired) electrons. The van der Waals surface area contributed by atoms with Crippen molar-refractivity contribution in [3.8, 4) is 5.69 Å². The monoisotopic (exact) mass is 511 g/mol. The molecule has 0 aliphatic carbocycles. The maximum Gasteiger partial charge on any atom is 0.335 e. The average Bonchev–Trinajstić information content (AvgIpc) is 3.02. The maximum atomic E-state index is 13.2. The van der Waals surface area contributed by atoms with Crippen LogP contribution in [-0.2, 0) is 9.59 Å². The quantitative estimate of drug-likeness (QED) is 0.373. The summed E-state index contributed by atoms with van der Waals surface area (Å²) in [5.41, 5.74) is 4.25. The smallest absolute Gasteiger partial charge is 0.318 e. The number of aromatic nitrogens is 1. The molecule has 0 saturated carbocycles. The molecule has 162 valence electrons. The van der Waals surface area contributed by atoms with Gasteiger partial charge in [0.25, 0.3) is 11.8 Å². The molecule has 1 N–H and O–H groups in total. The number of imide groups is 2. The van der Waals surface area contributed by atoms with Gasteiger partial charge in [-0.05, 0) is 80.4 Å². The van der Waals surface area contributed by atoms with Gasteiger partial charge in [-0.25, -0.2) is 9.69 Å². The molecule has 1 aliphatic rings. The summed E-state index contributed by atoms with van der Waals surface area (Å²) in [4.78, 5) is 39.3. The molecule has 0 unspecified atom stereocenters. The molecular formula is C24H19BrClN3O3. The van der Waals surface area contributed by atoms with E-state index in [1.807, 2.05) is 48.7 Å². The van der Waals surface area contributed by atoms with Crippen LogP contribution in [0.2, 0.25) is 5.02 Å². The number of hydrogen-bond acceptors (Lipinski definition) is 3. The highest BCUT2D eigenvalue weighted by atomic mass is 79.9. The normalized spacial score (nSPS) is 15.5. The first-order valence-electron chi connectivity index (χ1n) is 9.80. The summed E-state index contributed by atoms with van der Waals surface area (Å²) in [5.74, 6) is -1.43. The Morgan fingerprint density at radius 1 is 1.00 bits per heavy atom. The molecule has 3 aromatic rings. The third kappa shape index (κ3) is 3.78. The lowest BCUT2D eigenvalue weighted by atomic mass is 10.1.